The molecule has 1 aliphatic carbocycles. The van der Waals surface area contributed by atoms with Crippen molar-refractivity contribution in [2.75, 3.05) is 5.32 Å². The molecule has 104 valence electrons. The first-order valence-electron chi connectivity index (χ1n) is 6.92. The van der Waals surface area contributed by atoms with Gasteiger partial charge in [0.2, 0.25) is 0 Å². The van der Waals surface area contributed by atoms with Crippen LogP contribution in [0, 0.1) is 18.6 Å². The van der Waals surface area contributed by atoms with Crippen molar-refractivity contribution in [2.24, 2.45) is 0 Å². The van der Waals surface area contributed by atoms with Crippen molar-refractivity contribution >= 4 is 5.69 Å². The van der Waals surface area contributed by atoms with E-state index in [1.807, 2.05) is 12.1 Å². The van der Waals surface area contributed by atoms with Crippen LogP contribution in [0.25, 0.3) is 0 Å². The molecule has 1 saturated carbocycles. The van der Waals surface area contributed by atoms with Crippen molar-refractivity contribution in [1.29, 1.82) is 0 Å². The molecule has 3 heteroatoms. The summed E-state index contributed by atoms with van der Waals surface area (Å²) in [4.78, 5) is 0. The third-order valence-corrected chi connectivity index (χ3v) is 3.75. The van der Waals surface area contributed by atoms with Gasteiger partial charge in [0.15, 0.2) is 5.82 Å². The second-order valence-corrected chi connectivity index (χ2v) is 5.43. The van der Waals surface area contributed by atoms with Gasteiger partial charge in [0.05, 0.1) is 0 Å². The molecule has 0 radical (unpaired) electrons. The van der Waals surface area contributed by atoms with Gasteiger partial charge in [-0.05, 0) is 48.4 Å². The standard InChI is InChI=1S/C17H17F2N/c1-11-5-8-15(18)17(16(11)19)20-10-12-3-2-4-14(9-12)13-6-7-13/h2-5,8-9,13,20H,6-7,10H2,1H3. The Balaban J connectivity index is 1.76. The minimum Gasteiger partial charge on any atom is -0.376 e. The lowest BCUT2D eigenvalue weighted by Crippen LogP contribution is -2.05. The number of rotatable bonds is 4. The number of hydrogen-bond donors (Lipinski definition) is 1. The SMILES string of the molecule is Cc1ccc(F)c(NCc2cccc(C3CC3)c2)c1F. The Hall–Kier alpha value is -1.90. The third kappa shape index (κ3) is 2.67. The first kappa shape index (κ1) is 13.1. The van der Waals surface area contributed by atoms with E-state index >= 15 is 0 Å². The van der Waals surface area contributed by atoms with E-state index in [9.17, 15) is 8.78 Å². The molecule has 0 bridgehead atoms. The molecule has 0 unspecified atom stereocenters. The molecular formula is C17H17F2N. The Morgan fingerprint density at radius 2 is 1.95 bits per heavy atom. The molecular weight excluding hydrogens is 256 g/mol. The topological polar surface area (TPSA) is 12.0 Å². The third-order valence-electron chi connectivity index (χ3n) is 3.75. The van der Waals surface area contributed by atoms with Crippen LogP contribution in [0.4, 0.5) is 14.5 Å². The van der Waals surface area contributed by atoms with Crippen LogP contribution in [0.1, 0.15) is 35.4 Å². The lowest BCUT2D eigenvalue weighted by atomic mass is 10.1. The summed E-state index contributed by atoms with van der Waals surface area (Å²) < 4.78 is 27.5. The van der Waals surface area contributed by atoms with E-state index in [4.69, 9.17) is 0 Å². The molecule has 2 aromatic rings. The van der Waals surface area contributed by atoms with Crippen molar-refractivity contribution in [1.82, 2.24) is 0 Å². The van der Waals surface area contributed by atoms with Crippen molar-refractivity contribution in [3.05, 3.63) is 64.7 Å². The fourth-order valence-electron chi connectivity index (χ4n) is 2.38. The number of halogens is 2. The summed E-state index contributed by atoms with van der Waals surface area (Å²) >= 11 is 0. The van der Waals surface area contributed by atoms with E-state index < -0.39 is 11.6 Å². The van der Waals surface area contributed by atoms with Gasteiger partial charge in [-0.1, -0.05) is 30.3 Å². The van der Waals surface area contributed by atoms with Crippen molar-refractivity contribution < 1.29 is 8.78 Å². The van der Waals surface area contributed by atoms with Gasteiger partial charge in [-0.2, -0.15) is 0 Å². The van der Waals surface area contributed by atoms with Crippen LogP contribution in [0.3, 0.4) is 0 Å². The molecule has 1 fully saturated rings. The molecule has 0 amide bonds. The number of aryl methyl sites for hydroxylation is 1. The molecule has 0 saturated heterocycles. The summed E-state index contributed by atoms with van der Waals surface area (Å²) in [6.45, 7) is 2.06. The predicted molar refractivity (Wildman–Crippen MR) is 76.8 cm³/mol. The highest BCUT2D eigenvalue weighted by Gasteiger charge is 2.23. The molecule has 20 heavy (non-hydrogen) atoms. The highest BCUT2D eigenvalue weighted by molar-refractivity contribution is 5.49. The fraction of sp³-hybridized carbons (Fsp3) is 0.294. The van der Waals surface area contributed by atoms with Crippen LogP contribution in [-0.2, 0) is 6.54 Å². The number of hydrogen-bond acceptors (Lipinski definition) is 1. The lowest BCUT2D eigenvalue weighted by molar-refractivity contribution is 0.582. The summed E-state index contributed by atoms with van der Waals surface area (Å²) in [7, 11) is 0. The Morgan fingerprint density at radius 3 is 2.70 bits per heavy atom. The molecule has 1 N–H and O–H groups in total. The average molecular weight is 273 g/mol. The zero-order valence-corrected chi connectivity index (χ0v) is 11.4. The molecule has 2 aromatic carbocycles. The van der Waals surface area contributed by atoms with E-state index in [0.29, 0.717) is 18.0 Å². The average Bonchev–Trinajstić information content (AvgIpc) is 3.28. The first-order chi connectivity index (χ1) is 9.65. The summed E-state index contributed by atoms with van der Waals surface area (Å²) in [6.07, 6.45) is 2.50. The van der Waals surface area contributed by atoms with E-state index in [2.05, 4.69) is 17.4 Å². The zero-order valence-electron chi connectivity index (χ0n) is 11.4. The summed E-state index contributed by atoms with van der Waals surface area (Å²) in [5.74, 6) is -0.378. The molecule has 1 aliphatic rings. The molecule has 0 spiro atoms. The molecule has 0 atom stereocenters. The van der Waals surface area contributed by atoms with Gasteiger partial charge < -0.3 is 5.32 Å². The Morgan fingerprint density at radius 1 is 1.15 bits per heavy atom. The molecule has 3 rings (SSSR count). The highest BCUT2D eigenvalue weighted by atomic mass is 19.1. The van der Waals surface area contributed by atoms with Crippen LogP contribution < -0.4 is 5.32 Å². The van der Waals surface area contributed by atoms with Gasteiger partial charge >= 0.3 is 0 Å². The predicted octanol–water partition coefficient (Wildman–Crippen LogP) is 4.76. The Labute approximate surface area is 117 Å². The lowest BCUT2D eigenvalue weighted by Gasteiger charge is -2.11. The summed E-state index contributed by atoms with van der Waals surface area (Å²) in [5, 5.41) is 2.87. The quantitative estimate of drug-likeness (QED) is 0.846. The molecule has 0 heterocycles. The first-order valence-corrected chi connectivity index (χ1v) is 6.92. The van der Waals surface area contributed by atoms with E-state index in [0.717, 1.165) is 5.56 Å². The van der Waals surface area contributed by atoms with Crippen LogP contribution >= 0.6 is 0 Å². The maximum atomic E-state index is 13.9. The number of anilines is 1. The zero-order chi connectivity index (χ0) is 14.1. The van der Waals surface area contributed by atoms with Crippen LogP contribution in [0.5, 0.6) is 0 Å². The van der Waals surface area contributed by atoms with Gasteiger partial charge in [-0.3, -0.25) is 0 Å². The normalized spacial score (nSPS) is 14.3. The van der Waals surface area contributed by atoms with Crippen LogP contribution in [0.2, 0.25) is 0 Å². The van der Waals surface area contributed by atoms with E-state index in [1.54, 1.807) is 6.92 Å². The minimum atomic E-state index is -0.550. The Bertz CT molecular complexity index is 633. The second kappa shape index (κ2) is 5.23. The fourth-order valence-corrected chi connectivity index (χ4v) is 2.38. The Kier molecular flexibility index (Phi) is 3.43. The maximum Gasteiger partial charge on any atom is 0.152 e. The van der Waals surface area contributed by atoms with Crippen LogP contribution in [-0.4, -0.2) is 0 Å². The highest BCUT2D eigenvalue weighted by Crippen LogP contribution is 2.40. The molecule has 0 aliphatic heterocycles. The van der Waals surface area contributed by atoms with Gasteiger partial charge in [-0.25, -0.2) is 8.78 Å². The second-order valence-electron chi connectivity index (χ2n) is 5.43. The van der Waals surface area contributed by atoms with Gasteiger partial charge in [-0.15, -0.1) is 0 Å². The largest absolute Gasteiger partial charge is 0.376 e. The summed E-state index contributed by atoms with van der Waals surface area (Å²) in [6, 6.07) is 11.0. The number of nitrogens with one attached hydrogen (secondary N) is 1. The van der Waals surface area contributed by atoms with Gasteiger partial charge in [0.1, 0.15) is 11.5 Å². The van der Waals surface area contributed by atoms with Crippen molar-refractivity contribution in [3.8, 4) is 0 Å². The van der Waals surface area contributed by atoms with Gasteiger partial charge in [0, 0.05) is 6.54 Å². The van der Waals surface area contributed by atoms with Crippen molar-refractivity contribution in [3.63, 3.8) is 0 Å². The number of benzene rings is 2. The summed E-state index contributed by atoms with van der Waals surface area (Å²) in [5.41, 5.74) is 2.78. The maximum absolute atomic E-state index is 13.9. The minimum absolute atomic E-state index is 0.0400. The van der Waals surface area contributed by atoms with E-state index in [-0.39, 0.29) is 5.69 Å². The van der Waals surface area contributed by atoms with Crippen molar-refractivity contribution in [2.45, 2.75) is 32.2 Å². The van der Waals surface area contributed by atoms with Crippen LogP contribution in [0.15, 0.2) is 36.4 Å². The molecule has 1 nitrogen and oxygen atoms in total. The smallest absolute Gasteiger partial charge is 0.152 e. The van der Waals surface area contributed by atoms with E-state index in [1.165, 1.54) is 30.5 Å². The monoisotopic (exact) mass is 273 g/mol. The molecule has 0 aromatic heterocycles. The van der Waals surface area contributed by atoms with Gasteiger partial charge in [0.25, 0.3) is 0 Å².